The van der Waals surface area contributed by atoms with Crippen LogP contribution in [0.2, 0.25) is 0 Å². The van der Waals surface area contributed by atoms with Crippen molar-refractivity contribution in [3.8, 4) is 5.75 Å². The summed E-state index contributed by atoms with van der Waals surface area (Å²) in [6, 6.07) is 24.5. The van der Waals surface area contributed by atoms with E-state index in [-0.39, 0.29) is 5.91 Å². The number of carbonyl (C=O) groups excluding carboxylic acids is 1. The van der Waals surface area contributed by atoms with E-state index < -0.39 is 0 Å². The zero-order valence-corrected chi connectivity index (χ0v) is 20.8. The molecule has 0 saturated heterocycles. The molecule has 0 aliphatic carbocycles. The van der Waals surface area contributed by atoms with E-state index in [9.17, 15) is 4.79 Å². The van der Waals surface area contributed by atoms with Crippen molar-refractivity contribution >= 4 is 16.9 Å². The Balaban J connectivity index is 1.26. The summed E-state index contributed by atoms with van der Waals surface area (Å²) in [6.45, 7) is 6.39. The molecule has 0 bridgehead atoms. The second kappa shape index (κ2) is 12.2. The second-order valence-corrected chi connectivity index (χ2v) is 9.10. The molecule has 0 spiro atoms. The molecule has 1 amide bonds. The van der Waals surface area contributed by atoms with Crippen LogP contribution in [0.1, 0.15) is 41.8 Å². The Kier molecular flexibility index (Phi) is 8.55. The van der Waals surface area contributed by atoms with Gasteiger partial charge in [0, 0.05) is 19.5 Å². The summed E-state index contributed by atoms with van der Waals surface area (Å²) in [7, 11) is 0. The number of ether oxygens (including phenoxy) is 1. The Morgan fingerprint density at radius 1 is 0.943 bits per heavy atom. The molecule has 0 saturated carbocycles. The number of aryl methyl sites for hydroxylation is 4. The number of fused-ring (bicyclic) bond motifs is 1. The molecule has 0 aliphatic rings. The smallest absolute Gasteiger partial charge is 0.224 e. The first kappa shape index (κ1) is 24.5. The second-order valence-electron chi connectivity index (χ2n) is 9.10. The van der Waals surface area contributed by atoms with Gasteiger partial charge in [-0.1, -0.05) is 48.5 Å². The van der Waals surface area contributed by atoms with Gasteiger partial charge < -0.3 is 14.6 Å². The standard InChI is InChI=1S/C30H35N3O2/c1-23-11-9-14-26(21-23)35-20-8-7-19-33-28-16-6-5-15-27(28)32-29(33)17-10-18-31-30(34)22-25-13-4-3-12-24(25)2/h3-6,9,11-16,21H,7-8,10,17-20,22H2,1-2H3,(H,31,34). The van der Waals surface area contributed by atoms with Crippen LogP contribution in [0.15, 0.2) is 72.8 Å². The molecule has 35 heavy (non-hydrogen) atoms. The minimum absolute atomic E-state index is 0.0708. The summed E-state index contributed by atoms with van der Waals surface area (Å²) >= 11 is 0. The van der Waals surface area contributed by atoms with Crippen LogP contribution in [0.25, 0.3) is 11.0 Å². The maximum absolute atomic E-state index is 12.4. The fraction of sp³-hybridized carbons (Fsp3) is 0.333. The van der Waals surface area contributed by atoms with Crippen LogP contribution < -0.4 is 10.1 Å². The maximum Gasteiger partial charge on any atom is 0.224 e. The van der Waals surface area contributed by atoms with Gasteiger partial charge in [-0.25, -0.2) is 4.98 Å². The fourth-order valence-electron chi connectivity index (χ4n) is 4.35. The molecule has 1 N–H and O–H groups in total. The fourth-order valence-corrected chi connectivity index (χ4v) is 4.35. The van der Waals surface area contributed by atoms with Gasteiger partial charge in [0.2, 0.25) is 5.91 Å². The van der Waals surface area contributed by atoms with Crippen LogP contribution in [0.4, 0.5) is 0 Å². The van der Waals surface area contributed by atoms with Gasteiger partial charge in [-0.15, -0.1) is 0 Å². The minimum Gasteiger partial charge on any atom is -0.494 e. The average molecular weight is 470 g/mol. The van der Waals surface area contributed by atoms with Crippen LogP contribution >= 0.6 is 0 Å². The lowest BCUT2D eigenvalue weighted by Crippen LogP contribution is -2.26. The molecule has 0 atom stereocenters. The van der Waals surface area contributed by atoms with Crippen molar-refractivity contribution in [2.75, 3.05) is 13.2 Å². The van der Waals surface area contributed by atoms with E-state index in [2.05, 4.69) is 47.1 Å². The van der Waals surface area contributed by atoms with E-state index in [4.69, 9.17) is 9.72 Å². The Bertz CT molecular complexity index is 1260. The molecular formula is C30H35N3O2. The molecular weight excluding hydrogens is 434 g/mol. The van der Waals surface area contributed by atoms with Crippen molar-refractivity contribution < 1.29 is 9.53 Å². The SMILES string of the molecule is Cc1cccc(OCCCCn2c(CCCNC(=O)Cc3ccccc3C)nc3ccccc32)c1. The number of unbranched alkanes of at least 4 members (excludes halogenated alkanes) is 1. The molecule has 3 aromatic carbocycles. The normalized spacial score (nSPS) is 11.0. The highest BCUT2D eigenvalue weighted by molar-refractivity contribution is 5.79. The Hall–Kier alpha value is -3.60. The highest BCUT2D eigenvalue weighted by Crippen LogP contribution is 2.19. The summed E-state index contributed by atoms with van der Waals surface area (Å²) in [5.41, 5.74) is 5.65. The predicted molar refractivity (Wildman–Crippen MR) is 142 cm³/mol. The molecule has 4 rings (SSSR count). The Morgan fingerprint density at radius 2 is 1.77 bits per heavy atom. The van der Waals surface area contributed by atoms with Crippen molar-refractivity contribution in [2.24, 2.45) is 0 Å². The van der Waals surface area contributed by atoms with Gasteiger partial charge in [-0.3, -0.25) is 4.79 Å². The highest BCUT2D eigenvalue weighted by atomic mass is 16.5. The van der Waals surface area contributed by atoms with Crippen LogP contribution in [-0.2, 0) is 24.2 Å². The number of amides is 1. The number of hydrogen-bond donors (Lipinski definition) is 1. The molecule has 0 radical (unpaired) electrons. The van der Waals surface area contributed by atoms with Gasteiger partial charge in [0.05, 0.1) is 24.1 Å². The van der Waals surface area contributed by atoms with Crippen LogP contribution in [0.5, 0.6) is 5.75 Å². The maximum atomic E-state index is 12.4. The van der Waals surface area contributed by atoms with Crippen molar-refractivity contribution in [1.82, 2.24) is 14.9 Å². The molecule has 4 aromatic rings. The van der Waals surface area contributed by atoms with Crippen molar-refractivity contribution in [3.05, 3.63) is 95.3 Å². The Labute approximate surface area is 208 Å². The molecule has 182 valence electrons. The molecule has 5 nitrogen and oxygen atoms in total. The van der Waals surface area contributed by atoms with E-state index in [1.54, 1.807) is 0 Å². The van der Waals surface area contributed by atoms with Gasteiger partial charge in [-0.2, -0.15) is 0 Å². The van der Waals surface area contributed by atoms with E-state index >= 15 is 0 Å². The topological polar surface area (TPSA) is 56.1 Å². The zero-order valence-electron chi connectivity index (χ0n) is 20.8. The molecule has 0 unspecified atom stereocenters. The van der Waals surface area contributed by atoms with Gasteiger partial charge in [0.1, 0.15) is 11.6 Å². The third kappa shape index (κ3) is 6.95. The summed E-state index contributed by atoms with van der Waals surface area (Å²) in [5.74, 6) is 2.09. The summed E-state index contributed by atoms with van der Waals surface area (Å²) in [6.07, 6.45) is 4.12. The third-order valence-corrected chi connectivity index (χ3v) is 6.28. The summed E-state index contributed by atoms with van der Waals surface area (Å²) in [5, 5.41) is 3.07. The Morgan fingerprint density at radius 3 is 2.63 bits per heavy atom. The molecule has 5 heteroatoms. The number of benzene rings is 3. The number of nitrogens with one attached hydrogen (secondary N) is 1. The number of imidazole rings is 1. The minimum atomic E-state index is 0.0708. The van der Waals surface area contributed by atoms with Gasteiger partial charge in [0.15, 0.2) is 0 Å². The van der Waals surface area contributed by atoms with E-state index in [0.717, 1.165) is 60.4 Å². The van der Waals surface area contributed by atoms with Crippen molar-refractivity contribution in [2.45, 2.75) is 52.5 Å². The van der Waals surface area contributed by atoms with Gasteiger partial charge in [0.25, 0.3) is 0 Å². The number of aromatic nitrogens is 2. The average Bonchev–Trinajstić information content (AvgIpc) is 3.20. The molecule has 0 aliphatic heterocycles. The van der Waals surface area contributed by atoms with Crippen LogP contribution in [-0.4, -0.2) is 28.6 Å². The number of hydrogen-bond acceptors (Lipinski definition) is 3. The number of rotatable bonds is 12. The molecule has 1 heterocycles. The lowest BCUT2D eigenvalue weighted by atomic mass is 10.1. The van der Waals surface area contributed by atoms with Crippen molar-refractivity contribution in [1.29, 1.82) is 0 Å². The lowest BCUT2D eigenvalue weighted by molar-refractivity contribution is -0.120. The number of nitrogens with zero attached hydrogens (tertiary/aromatic N) is 2. The van der Waals surface area contributed by atoms with Gasteiger partial charge >= 0.3 is 0 Å². The monoisotopic (exact) mass is 469 g/mol. The van der Waals surface area contributed by atoms with Crippen LogP contribution in [0.3, 0.4) is 0 Å². The first-order valence-corrected chi connectivity index (χ1v) is 12.5. The van der Waals surface area contributed by atoms with E-state index in [1.165, 1.54) is 11.1 Å². The summed E-state index contributed by atoms with van der Waals surface area (Å²) in [4.78, 5) is 17.2. The summed E-state index contributed by atoms with van der Waals surface area (Å²) < 4.78 is 8.24. The lowest BCUT2D eigenvalue weighted by Gasteiger charge is -2.11. The van der Waals surface area contributed by atoms with Crippen LogP contribution in [0, 0.1) is 13.8 Å². The van der Waals surface area contributed by atoms with E-state index in [1.807, 2.05) is 49.4 Å². The predicted octanol–water partition coefficient (Wildman–Crippen LogP) is 5.80. The van der Waals surface area contributed by atoms with Crippen molar-refractivity contribution in [3.63, 3.8) is 0 Å². The number of para-hydroxylation sites is 2. The molecule has 0 fully saturated rings. The quantitative estimate of drug-likeness (QED) is 0.267. The third-order valence-electron chi connectivity index (χ3n) is 6.28. The first-order chi connectivity index (χ1) is 17.1. The van der Waals surface area contributed by atoms with E-state index in [0.29, 0.717) is 19.6 Å². The highest BCUT2D eigenvalue weighted by Gasteiger charge is 2.11. The van der Waals surface area contributed by atoms with Gasteiger partial charge in [-0.05, 0) is 74.1 Å². The zero-order chi connectivity index (χ0) is 24.5. The first-order valence-electron chi connectivity index (χ1n) is 12.5. The number of carbonyl (C=O) groups is 1. The largest absolute Gasteiger partial charge is 0.494 e. The molecule has 1 aromatic heterocycles.